The number of alkyl halides is 1. The van der Waals surface area contributed by atoms with Crippen molar-refractivity contribution in [1.82, 2.24) is 0 Å². The summed E-state index contributed by atoms with van der Waals surface area (Å²) in [6.45, 7) is 0. The van der Waals surface area contributed by atoms with Gasteiger partial charge in [-0.05, 0) is 17.7 Å². The lowest BCUT2D eigenvalue weighted by Gasteiger charge is -2.06. The van der Waals surface area contributed by atoms with Crippen LogP contribution in [0.25, 0.3) is 0 Å². The molecule has 1 aromatic carbocycles. The lowest BCUT2D eigenvalue weighted by molar-refractivity contribution is 0.0596. The summed E-state index contributed by atoms with van der Waals surface area (Å²) in [6.07, 6.45) is 0. The molecule has 0 saturated carbocycles. The van der Waals surface area contributed by atoms with E-state index in [1.54, 1.807) is 0 Å². The molecule has 0 aliphatic carbocycles. The summed E-state index contributed by atoms with van der Waals surface area (Å²) < 4.78 is 4.58. The average Bonchev–Trinajstić information content (AvgIpc) is 2.27. The van der Waals surface area contributed by atoms with E-state index in [2.05, 4.69) is 17.4 Å². The van der Waals surface area contributed by atoms with E-state index in [4.69, 9.17) is 16.9 Å². The van der Waals surface area contributed by atoms with Crippen LogP contribution in [0.1, 0.15) is 21.5 Å². The minimum Gasteiger partial charge on any atom is -0.465 e. The SMILES string of the molecule is COC(=O)c1cc(CCl)c(C#N)cc1S. The van der Waals surface area contributed by atoms with Gasteiger partial charge in [0.05, 0.1) is 24.3 Å². The zero-order valence-corrected chi connectivity index (χ0v) is 9.60. The number of halogens is 1. The molecule has 0 N–H and O–H groups in total. The second-order valence-electron chi connectivity index (χ2n) is 2.76. The van der Waals surface area contributed by atoms with Crippen molar-refractivity contribution in [2.24, 2.45) is 0 Å². The summed E-state index contributed by atoms with van der Waals surface area (Å²) >= 11 is 9.76. The summed E-state index contributed by atoms with van der Waals surface area (Å²) in [4.78, 5) is 11.7. The molecule has 0 amide bonds. The Labute approximate surface area is 98.0 Å². The Morgan fingerprint density at radius 1 is 1.67 bits per heavy atom. The third-order valence-electron chi connectivity index (χ3n) is 1.89. The van der Waals surface area contributed by atoms with Crippen LogP contribution in [-0.2, 0) is 10.6 Å². The highest BCUT2D eigenvalue weighted by Gasteiger charge is 2.13. The van der Waals surface area contributed by atoms with Crippen LogP contribution in [0.5, 0.6) is 0 Å². The number of esters is 1. The highest BCUT2D eigenvalue weighted by atomic mass is 35.5. The molecule has 1 aromatic rings. The van der Waals surface area contributed by atoms with Crippen molar-refractivity contribution in [3.63, 3.8) is 0 Å². The summed E-state index contributed by atoms with van der Waals surface area (Å²) in [7, 11) is 1.29. The molecule has 3 nitrogen and oxygen atoms in total. The molecule has 0 atom stereocenters. The van der Waals surface area contributed by atoms with Gasteiger partial charge >= 0.3 is 5.97 Å². The van der Waals surface area contributed by atoms with Crippen molar-refractivity contribution in [1.29, 1.82) is 5.26 Å². The number of hydrogen-bond donors (Lipinski definition) is 1. The summed E-state index contributed by atoms with van der Waals surface area (Å²) in [5.74, 6) is -0.322. The zero-order valence-electron chi connectivity index (χ0n) is 7.95. The number of methoxy groups -OCH3 is 1. The van der Waals surface area contributed by atoms with Crippen LogP contribution in [0.2, 0.25) is 0 Å². The first-order valence-electron chi connectivity index (χ1n) is 4.04. The Hall–Kier alpha value is -1.18. The van der Waals surface area contributed by atoms with Crippen LogP contribution in [0.3, 0.4) is 0 Å². The molecule has 78 valence electrons. The largest absolute Gasteiger partial charge is 0.465 e. The Morgan fingerprint density at radius 2 is 2.33 bits per heavy atom. The van der Waals surface area contributed by atoms with Crippen molar-refractivity contribution in [3.05, 3.63) is 28.8 Å². The summed E-state index contributed by atoms with van der Waals surface area (Å²) in [5, 5.41) is 8.80. The lowest BCUT2D eigenvalue weighted by Crippen LogP contribution is -2.04. The van der Waals surface area contributed by atoms with Crippen LogP contribution in [0.4, 0.5) is 0 Å². The zero-order chi connectivity index (χ0) is 11.4. The minimum atomic E-state index is -0.490. The molecule has 0 unspecified atom stereocenters. The van der Waals surface area contributed by atoms with Crippen LogP contribution in [0.15, 0.2) is 17.0 Å². The number of hydrogen-bond acceptors (Lipinski definition) is 4. The fourth-order valence-electron chi connectivity index (χ4n) is 1.12. The number of benzene rings is 1. The van der Waals surface area contributed by atoms with Crippen molar-refractivity contribution in [2.75, 3.05) is 7.11 Å². The van der Waals surface area contributed by atoms with Gasteiger partial charge in [-0.2, -0.15) is 5.26 Å². The Kier molecular flexibility index (Phi) is 4.01. The smallest absolute Gasteiger partial charge is 0.338 e. The van der Waals surface area contributed by atoms with E-state index in [0.717, 1.165) is 0 Å². The van der Waals surface area contributed by atoms with Crippen molar-refractivity contribution in [2.45, 2.75) is 10.8 Å². The monoisotopic (exact) mass is 241 g/mol. The van der Waals surface area contributed by atoms with Gasteiger partial charge in [0.25, 0.3) is 0 Å². The van der Waals surface area contributed by atoms with Gasteiger partial charge in [0.2, 0.25) is 0 Å². The number of carbonyl (C=O) groups is 1. The highest BCUT2D eigenvalue weighted by molar-refractivity contribution is 7.80. The Bertz CT molecular complexity index is 440. The van der Waals surface area contributed by atoms with Gasteiger partial charge in [-0.15, -0.1) is 24.2 Å². The fraction of sp³-hybridized carbons (Fsp3) is 0.200. The molecule has 0 aliphatic heterocycles. The number of ether oxygens (including phenoxy) is 1. The molecule has 0 spiro atoms. The predicted octanol–water partition coefficient (Wildman–Crippen LogP) is 2.37. The molecule has 5 heteroatoms. The van der Waals surface area contributed by atoms with E-state index in [1.807, 2.05) is 6.07 Å². The van der Waals surface area contributed by atoms with E-state index < -0.39 is 5.97 Å². The first-order valence-corrected chi connectivity index (χ1v) is 5.02. The highest BCUT2D eigenvalue weighted by Crippen LogP contribution is 2.21. The van der Waals surface area contributed by atoms with E-state index in [0.29, 0.717) is 21.6 Å². The van der Waals surface area contributed by atoms with E-state index in [1.165, 1.54) is 19.2 Å². The first-order chi connectivity index (χ1) is 7.13. The Morgan fingerprint density at radius 3 is 2.80 bits per heavy atom. The molecule has 1 rings (SSSR count). The van der Waals surface area contributed by atoms with Crippen LogP contribution in [-0.4, -0.2) is 13.1 Å². The average molecular weight is 242 g/mol. The molecular weight excluding hydrogens is 234 g/mol. The van der Waals surface area contributed by atoms with Gasteiger partial charge in [-0.1, -0.05) is 0 Å². The number of nitriles is 1. The summed E-state index contributed by atoms with van der Waals surface area (Å²) in [6, 6.07) is 5.02. The van der Waals surface area contributed by atoms with Gasteiger partial charge < -0.3 is 4.74 Å². The Balaban J connectivity index is 3.33. The summed E-state index contributed by atoms with van der Waals surface area (Å²) in [5.41, 5.74) is 1.33. The molecule has 15 heavy (non-hydrogen) atoms. The topological polar surface area (TPSA) is 50.1 Å². The van der Waals surface area contributed by atoms with Gasteiger partial charge in [-0.25, -0.2) is 4.79 Å². The van der Waals surface area contributed by atoms with Gasteiger partial charge in [-0.3, -0.25) is 0 Å². The number of thiol groups is 1. The lowest BCUT2D eigenvalue weighted by atomic mass is 10.1. The van der Waals surface area contributed by atoms with Crippen LogP contribution >= 0.6 is 24.2 Å². The number of nitrogens with zero attached hydrogens (tertiary/aromatic N) is 1. The molecule has 0 fully saturated rings. The van der Waals surface area contributed by atoms with E-state index >= 15 is 0 Å². The maximum Gasteiger partial charge on any atom is 0.338 e. The fourth-order valence-corrected chi connectivity index (χ4v) is 1.63. The molecule has 0 aliphatic rings. The number of carbonyl (C=O) groups excluding carboxylic acids is 1. The minimum absolute atomic E-state index is 0.168. The first kappa shape index (κ1) is 11.9. The van der Waals surface area contributed by atoms with Crippen LogP contribution < -0.4 is 0 Å². The maximum absolute atomic E-state index is 11.3. The predicted molar refractivity (Wildman–Crippen MR) is 59.3 cm³/mol. The second-order valence-corrected chi connectivity index (χ2v) is 3.51. The molecule has 0 bridgehead atoms. The van der Waals surface area contributed by atoms with Gasteiger partial charge in [0.15, 0.2) is 0 Å². The van der Waals surface area contributed by atoms with Crippen molar-refractivity contribution < 1.29 is 9.53 Å². The molecule has 0 saturated heterocycles. The van der Waals surface area contributed by atoms with E-state index in [9.17, 15) is 4.79 Å². The standard InChI is InChI=1S/C10H8ClNO2S/c1-14-10(13)8-2-6(4-11)7(5-12)3-9(8)15/h2-3,15H,4H2,1H3. The molecule has 0 radical (unpaired) electrons. The van der Waals surface area contributed by atoms with Crippen molar-refractivity contribution >= 4 is 30.2 Å². The number of rotatable bonds is 2. The quantitative estimate of drug-likeness (QED) is 0.491. The second kappa shape index (κ2) is 5.06. The molecule has 0 heterocycles. The normalized spacial score (nSPS) is 9.47. The molecular formula is C10H8ClNO2S. The third-order valence-corrected chi connectivity index (χ3v) is 2.55. The molecule has 0 aromatic heterocycles. The maximum atomic E-state index is 11.3. The van der Waals surface area contributed by atoms with Gasteiger partial charge in [0.1, 0.15) is 0 Å². The van der Waals surface area contributed by atoms with Crippen molar-refractivity contribution in [3.8, 4) is 6.07 Å². The third kappa shape index (κ3) is 2.44. The van der Waals surface area contributed by atoms with Gasteiger partial charge in [0, 0.05) is 10.8 Å². The van der Waals surface area contributed by atoms with E-state index in [-0.39, 0.29) is 5.88 Å². The van der Waals surface area contributed by atoms with Crippen LogP contribution in [0, 0.1) is 11.3 Å².